The molecule has 52 heavy (non-hydrogen) atoms. The van der Waals surface area contributed by atoms with Gasteiger partial charge in [-0.2, -0.15) is 0 Å². The van der Waals surface area contributed by atoms with E-state index in [1.807, 2.05) is 0 Å². The maximum Gasteiger partial charge on any atom is 0.123 e. The number of ether oxygens (including phenoxy) is 2. The van der Waals surface area contributed by atoms with Crippen molar-refractivity contribution in [3.63, 3.8) is 0 Å². The van der Waals surface area contributed by atoms with Crippen molar-refractivity contribution in [2.45, 2.75) is 166 Å². The fourth-order valence-corrected chi connectivity index (χ4v) is 7.52. The Morgan fingerprint density at radius 1 is 0.385 bits per heavy atom. The molecule has 0 N–H and O–H groups in total. The topological polar surface area (TPSA) is 18.5 Å². The van der Waals surface area contributed by atoms with Gasteiger partial charge >= 0.3 is 0 Å². The Morgan fingerprint density at radius 3 is 0.962 bits per heavy atom. The zero-order valence-corrected chi connectivity index (χ0v) is 36.5. The van der Waals surface area contributed by atoms with Crippen molar-refractivity contribution in [2.75, 3.05) is 7.11 Å². The SMILES string of the molecule is COc1ccc(C)c(-c2c(C(C)C)cc(C(C)C)cc2C(C)C)c1C.Cc1ccc(OC(C)C)c(C)c1-c1c(C(C)C)cc(C(C)C)cc1C(C)C. The zero-order valence-electron chi connectivity index (χ0n) is 36.5. The van der Waals surface area contributed by atoms with Gasteiger partial charge in [0.1, 0.15) is 11.5 Å². The first-order chi connectivity index (χ1) is 24.2. The molecule has 0 saturated heterocycles. The summed E-state index contributed by atoms with van der Waals surface area (Å²) < 4.78 is 11.7. The molecule has 0 aliphatic rings. The fraction of sp³-hybridized carbons (Fsp3) is 0.520. The van der Waals surface area contributed by atoms with Crippen LogP contribution < -0.4 is 9.47 Å². The highest BCUT2D eigenvalue weighted by Gasteiger charge is 2.24. The van der Waals surface area contributed by atoms with Crippen LogP contribution in [0.1, 0.15) is 188 Å². The summed E-state index contributed by atoms with van der Waals surface area (Å²) in [5.74, 6) is 4.96. The standard InChI is InChI=1S/C26H38O.C24H34O/c1-15(2)21-13-22(16(3)4)26(23(14-21)17(5)6)25-19(9)11-12-24(20(25)10)27-18(7)8;1-14(2)19-12-20(15(3)4)24(21(13-19)16(5)6)23-17(7)10-11-22(25-9)18(23)8/h11-18H,1-10H3;10-16H,1-9H3. The van der Waals surface area contributed by atoms with Crippen LogP contribution in [-0.2, 0) is 0 Å². The summed E-state index contributed by atoms with van der Waals surface area (Å²) >= 11 is 0. The summed E-state index contributed by atoms with van der Waals surface area (Å²) in [5, 5.41) is 0. The first kappa shape index (κ1) is 42.9. The minimum Gasteiger partial charge on any atom is -0.496 e. The molecule has 284 valence electrons. The van der Waals surface area contributed by atoms with Gasteiger partial charge in [0.15, 0.2) is 0 Å². The smallest absolute Gasteiger partial charge is 0.123 e. The molecular formula is C50H72O2. The second kappa shape index (κ2) is 18.0. The van der Waals surface area contributed by atoms with Crippen molar-refractivity contribution in [1.82, 2.24) is 0 Å². The first-order valence-corrected chi connectivity index (χ1v) is 20.0. The lowest BCUT2D eigenvalue weighted by molar-refractivity contribution is 0.241. The third-order valence-electron chi connectivity index (χ3n) is 10.6. The summed E-state index contributed by atoms with van der Waals surface area (Å²) in [7, 11) is 1.76. The van der Waals surface area contributed by atoms with Crippen LogP contribution in [0.5, 0.6) is 11.5 Å². The van der Waals surface area contributed by atoms with E-state index in [0.717, 1.165) is 11.5 Å². The number of hydrogen-bond acceptors (Lipinski definition) is 2. The molecule has 0 aliphatic carbocycles. The molecule has 4 rings (SSSR count). The molecule has 0 spiro atoms. The molecule has 0 bridgehead atoms. The largest absolute Gasteiger partial charge is 0.496 e. The Balaban J connectivity index is 0.000000281. The molecule has 0 aliphatic heterocycles. The van der Waals surface area contributed by atoms with Crippen LogP contribution in [-0.4, -0.2) is 13.2 Å². The molecule has 2 nitrogen and oxygen atoms in total. The molecule has 0 saturated carbocycles. The molecule has 4 aromatic rings. The van der Waals surface area contributed by atoms with Crippen LogP contribution in [0.15, 0.2) is 48.5 Å². The molecule has 0 unspecified atom stereocenters. The van der Waals surface area contributed by atoms with Crippen LogP contribution in [0.2, 0.25) is 0 Å². The molecular weight excluding hydrogens is 633 g/mol. The van der Waals surface area contributed by atoms with Crippen molar-refractivity contribution >= 4 is 0 Å². The summed E-state index contributed by atoms with van der Waals surface area (Å²) in [6.07, 6.45) is 0.178. The number of benzene rings is 4. The van der Waals surface area contributed by atoms with Gasteiger partial charge in [0, 0.05) is 0 Å². The molecule has 4 aromatic carbocycles. The lowest BCUT2D eigenvalue weighted by Gasteiger charge is -2.26. The van der Waals surface area contributed by atoms with Gasteiger partial charge in [-0.1, -0.05) is 119 Å². The van der Waals surface area contributed by atoms with E-state index in [-0.39, 0.29) is 6.10 Å². The molecule has 0 amide bonds. The molecule has 0 aromatic heterocycles. The maximum absolute atomic E-state index is 6.12. The van der Waals surface area contributed by atoms with E-state index < -0.39 is 0 Å². The normalized spacial score (nSPS) is 11.8. The molecule has 0 atom stereocenters. The van der Waals surface area contributed by atoms with E-state index in [0.29, 0.717) is 35.5 Å². The van der Waals surface area contributed by atoms with Crippen molar-refractivity contribution < 1.29 is 9.47 Å². The van der Waals surface area contributed by atoms with Crippen LogP contribution in [0.4, 0.5) is 0 Å². The van der Waals surface area contributed by atoms with Gasteiger partial charge in [0.25, 0.3) is 0 Å². The third-order valence-corrected chi connectivity index (χ3v) is 10.6. The third kappa shape index (κ3) is 9.52. The van der Waals surface area contributed by atoms with E-state index in [2.05, 4.69) is 173 Å². The van der Waals surface area contributed by atoms with E-state index in [1.165, 1.54) is 77.9 Å². The summed E-state index contributed by atoms with van der Waals surface area (Å²) in [5.41, 5.74) is 19.4. The Labute approximate surface area is 319 Å². The Morgan fingerprint density at radius 2 is 0.692 bits per heavy atom. The van der Waals surface area contributed by atoms with Crippen molar-refractivity contribution in [3.8, 4) is 33.8 Å². The van der Waals surface area contributed by atoms with E-state index >= 15 is 0 Å². The van der Waals surface area contributed by atoms with Gasteiger partial charge in [-0.15, -0.1) is 0 Å². The van der Waals surface area contributed by atoms with Gasteiger partial charge in [-0.25, -0.2) is 0 Å². The summed E-state index contributed by atoms with van der Waals surface area (Å²) in [6, 6.07) is 18.3. The molecule has 2 heteroatoms. The Kier molecular flexibility index (Phi) is 14.8. The summed E-state index contributed by atoms with van der Waals surface area (Å²) in [4.78, 5) is 0. The Hall–Kier alpha value is -3.52. The van der Waals surface area contributed by atoms with Crippen LogP contribution in [0.3, 0.4) is 0 Å². The van der Waals surface area contributed by atoms with Gasteiger partial charge in [-0.05, 0) is 167 Å². The minimum atomic E-state index is 0.178. The van der Waals surface area contributed by atoms with Gasteiger partial charge in [-0.3, -0.25) is 0 Å². The number of methoxy groups -OCH3 is 1. The van der Waals surface area contributed by atoms with Gasteiger partial charge in [0.05, 0.1) is 13.2 Å². The number of hydrogen-bond donors (Lipinski definition) is 0. The second-order valence-electron chi connectivity index (χ2n) is 17.2. The molecule has 0 radical (unpaired) electrons. The van der Waals surface area contributed by atoms with E-state index in [1.54, 1.807) is 7.11 Å². The summed E-state index contributed by atoms with van der Waals surface area (Å²) in [6.45, 7) is 40.6. The van der Waals surface area contributed by atoms with Crippen LogP contribution >= 0.6 is 0 Å². The lowest BCUT2D eigenvalue weighted by atomic mass is 9.79. The van der Waals surface area contributed by atoms with E-state index in [9.17, 15) is 0 Å². The van der Waals surface area contributed by atoms with Gasteiger partial charge in [0.2, 0.25) is 0 Å². The fourth-order valence-electron chi connectivity index (χ4n) is 7.52. The van der Waals surface area contributed by atoms with Crippen LogP contribution in [0, 0.1) is 27.7 Å². The van der Waals surface area contributed by atoms with Crippen molar-refractivity contribution in [3.05, 3.63) is 104 Å². The Bertz CT molecular complexity index is 1750. The maximum atomic E-state index is 6.12. The van der Waals surface area contributed by atoms with Crippen molar-refractivity contribution in [1.29, 1.82) is 0 Å². The molecule has 0 fully saturated rings. The molecule has 0 heterocycles. The van der Waals surface area contributed by atoms with Crippen molar-refractivity contribution in [2.24, 2.45) is 0 Å². The zero-order chi connectivity index (χ0) is 39.4. The average Bonchev–Trinajstić information content (AvgIpc) is 3.05. The predicted molar refractivity (Wildman–Crippen MR) is 230 cm³/mol. The van der Waals surface area contributed by atoms with E-state index in [4.69, 9.17) is 9.47 Å². The predicted octanol–water partition coefficient (Wildman–Crippen LogP) is 15.5. The average molecular weight is 705 g/mol. The quantitative estimate of drug-likeness (QED) is 0.155. The highest BCUT2D eigenvalue weighted by Crippen LogP contribution is 2.45. The van der Waals surface area contributed by atoms with Crippen LogP contribution in [0.25, 0.3) is 22.3 Å². The monoisotopic (exact) mass is 705 g/mol. The lowest BCUT2D eigenvalue weighted by Crippen LogP contribution is -2.09. The number of rotatable bonds is 11. The highest BCUT2D eigenvalue weighted by atomic mass is 16.5. The second-order valence-corrected chi connectivity index (χ2v) is 17.2. The number of aryl methyl sites for hydroxylation is 2. The van der Waals surface area contributed by atoms with Gasteiger partial charge < -0.3 is 9.47 Å². The minimum absolute atomic E-state index is 0.178. The first-order valence-electron chi connectivity index (χ1n) is 20.0. The highest BCUT2D eigenvalue weighted by molar-refractivity contribution is 5.81.